The fraction of sp³-hybridized carbons (Fsp3) is 0.457. The van der Waals surface area contributed by atoms with Gasteiger partial charge in [-0.1, -0.05) is 73.6 Å². The van der Waals surface area contributed by atoms with Crippen molar-refractivity contribution in [3.8, 4) is 0 Å². The van der Waals surface area contributed by atoms with Crippen LogP contribution in [-0.4, -0.2) is 90.8 Å². The molecule has 50 heavy (non-hydrogen) atoms. The van der Waals surface area contributed by atoms with Crippen LogP contribution >= 0.6 is 24.0 Å². The molecule has 1 saturated heterocycles. The quantitative estimate of drug-likeness (QED) is 0.128. The van der Waals surface area contributed by atoms with Crippen LogP contribution in [0.3, 0.4) is 0 Å². The summed E-state index contributed by atoms with van der Waals surface area (Å²) in [6.07, 6.45) is 5.00. The van der Waals surface area contributed by atoms with E-state index in [4.69, 9.17) is 45.6 Å². The van der Waals surface area contributed by atoms with Crippen LogP contribution in [0.15, 0.2) is 68.6 Å². The Bertz CT molecular complexity index is 1640. The summed E-state index contributed by atoms with van der Waals surface area (Å²) in [5.41, 5.74) is -3.26. The first kappa shape index (κ1) is 38.3. The molecule has 2 aliphatic heterocycles. The molecular formula is C35H40N2O11S2. The van der Waals surface area contributed by atoms with Crippen LogP contribution < -0.4 is 0 Å². The number of carbonyl (C=O) groups is 5. The van der Waals surface area contributed by atoms with E-state index in [1.54, 1.807) is 32.9 Å². The molecule has 4 rings (SSSR count). The molecule has 1 aromatic carbocycles. The Morgan fingerprint density at radius 3 is 2.16 bits per heavy atom. The molecule has 3 aliphatic rings. The maximum Gasteiger partial charge on any atom is 0.344 e. The van der Waals surface area contributed by atoms with E-state index < -0.39 is 46.7 Å². The zero-order chi connectivity index (χ0) is 36.4. The van der Waals surface area contributed by atoms with Crippen molar-refractivity contribution in [2.24, 2.45) is 4.99 Å². The molecule has 0 aromatic heterocycles. The summed E-state index contributed by atoms with van der Waals surface area (Å²) in [5.74, 6) is -5.27. The van der Waals surface area contributed by atoms with E-state index in [2.05, 4.69) is 0 Å². The highest BCUT2D eigenvalue weighted by molar-refractivity contribution is 8.26. The smallest absolute Gasteiger partial charge is 0.344 e. The average molecular weight is 729 g/mol. The van der Waals surface area contributed by atoms with E-state index in [9.17, 15) is 24.0 Å². The summed E-state index contributed by atoms with van der Waals surface area (Å²) in [6, 6.07) is 8.81. The standard InChI is InChI=1S/C35H40N2O11S2/c1-6-45-31(40)25(23(30(39)44-5)19-24(38)43-4)28-35(37(34(49)50-28)20-21-15-11-9-12-16-21)27(33(42)47-8-3)26(32(41)46-7-2)29(48-35)36-22-17-13-10-14-18-22/h9,11-12,15-16,19,22H,6-8,10,13-14,17-18,20H2,1-5H3. The van der Waals surface area contributed by atoms with Crippen LogP contribution in [0.25, 0.3) is 0 Å². The van der Waals surface area contributed by atoms with Gasteiger partial charge in [-0.2, -0.15) is 0 Å². The maximum absolute atomic E-state index is 14.3. The van der Waals surface area contributed by atoms with Crippen molar-refractivity contribution in [1.29, 1.82) is 0 Å². The lowest BCUT2D eigenvalue weighted by atomic mass is 9.92. The monoisotopic (exact) mass is 728 g/mol. The number of benzene rings is 1. The second-order valence-corrected chi connectivity index (χ2v) is 12.7. The van der Waals surface area contributed by atoms with Gasteiger partial charge in [0.05, 0.1) is 56.1 Å². The second kappa shape index (κ2) is 17.4. The molecule has 0 bridgehead atoms. The van der Waals surface area contributed by atoms with Gasteiger partial charge in [-0.05, 0) is 39.2 Å². The Hall–Kier alpha value is -4.50. The molecule has 2 fully saturated rings. The number of hydrogen-bond acceptors (Lipinski definition) is 14. The summed E-state index contributed by atoms with van der Waals surface area (Å²) in [7, 11) is 2.16. The number of ether oxygens (including phenoxy) is 6. The van der Waals surface area contributed by atoms with Gasteiger partial charge in [-0.15, -0.1) is 0 Å². The molecular weight excluding hydrogens is 689 g/mol. The minimum absolute atomic E-state index is 0.00370. The van der Waals surface area contributed by atoms with Gasteiger partial charge >= 0.3 is 29.8 Å². The number of thiocarbonyl (C=S) groups is 1. The minimum atomic E-state index is -2.23. The van der Waals surface area contributed by atoms with Crippen molar-refractivity contribution in [3.05, 3.63) is 69.2 Å². The summed E-state index contributed by atoms with van der Waals surface area (Å²) in [4.78, 5) is 74.5. The van der Waals surface area contributed by atoms with Gasteiger partial charge in [0, 0.05) is 12.6 Å². The van der Waals surface area contributed by atoms with E-state index in [0.29, 0.717) is 18.4 Å². The lowest BCUT2D eigenvalue weighted by molar-refractivity contribution is -0.143. The van der Waals surface area contributed by atoms with Crippen LogP contribution in [0.2, 0.25) is 0 Å². The predicted octanol–water partition coefficient (Wildman–Crippen LogP) is 4.49. The number of hydrogen-bond donors (Lipinski definition) is 0. The van der Waals surface area contributed by atoms with Crippen LogP contribution in [0.4, 0.5) is 0 Å². The molecule has 2 heterocycles. The highest BCUT2D eigenvalue weighted by atomic mass is 32.2. The molecule has 268 valence electrons. The first-order valence-corrected chi connectivity index (χ1v) is 17.5. The molecule has 15 heteroatoms. The van der Waals surface area contributed by atoms with E-state index in [-0.39, 0.29) is 58.7 Å². The number of thioether (sulfide) groups is 1. The number of rotatable bonds is 12. The molecule has 1 unspecified atom stereocenters. The first-order chi connectivity index (χ1) is 24.1. The predicted molar refractivity (Wildman–Crippen MR) is 186 cm³/mol. The Morgan fingerprint density at radius 1 is 0.920 bits per heavy atom. The highest BCUT2D eigenvalue weighted by Gasteiger charge is 2.65. The fourth-order valence-corrected chi connectivity index (χ4v) is 7.45. The summed E-state index contributed by atoms with van der Waals surface area (Å²) >= 11 is 6.73. The Labute approximate surface area is 300 Å². The normalized spacial score (nSPS) is 21.2. The number of esters is 5. The van der Waals surface area contributed by atoms with Gasteiger partial charge in [0.15, 0.2) is 0 Å². The Kier molecular flexibility index (Phi) is 13.4. The summed E-state index contributed by atoms with van der Waals surface area (Å²) in [5, 5.41) is 0. The molecule has 0 amide bonds. The van der Waals surface area contributed by atoms with Crippen molar-refractivity contribution in [1.82, 2.24) is 4.90 Å². The fourth-order valence-electron chi connectivity index (χ4n) is 5.84. The number of nitrogens with zero attached hydrogens (tertiary/aromatic N) is 2. The van der Waals surface area contributed by atoms with Gasteiger partial charge in [0.2, 0.25) is 5.90 Å². The zero-order valence-electron chi connectivity index (χ0n) is 28.6. The molecule has 13 nitrogen and oxygen atoms in total. The van der Waals surface area contributed by atoms with Crippen molar-refractivity contribution in [2.75, 3.05) is 34.0 Å². The average Bonchev–Trinajstić information content (AvgIpc) is 3.58. The molecule has 1 atom stereocenters. The van der Waals surface area contributed by atoms with Gasteiger partial charge < -0.3 is 33.3 Å². The van der Waals surface area contributed by atoms with Crippen molar-refractivity contribution in [2.45, 2.75) is 71.2 Å². The maximum atomic E-state index is 14.3. The third-order valence-corrected chi connectivity index (χ3v) is 9.56. The lowest BCUT2D eigenvalue weighted by Crippen LogP contribution is -2.50. The van der Waals surface area contributed by atoms with E-state index in [1.165, 1.54) is 4.90 Å². The zero-order valence-corrected chi connectivity index (χ0v) is 30.2. The molecule has 0 radical (unpaired) electrons. The number of carbonyl (C=O) groups excluding carboxylic acids is 5. The molecule has 1 spiro atoms. The molecule has 1 saturated carbocycles. The SMILES string of the molecule is CCOC(=O)C(C(=CC(=O)OC)C(=O)OC)=C1SC(=S)N(Cc2ccccc2)C12OC(=NC1CCCCC1)C(C(=O)OCC)=C2C(=O)OCC. The summed E-state index contributed by atoms with van der Waals surface area (Å²) in [6.45, 7) is 4.47. The van der Waals surface area contributed by atoms with Crippen molar-refractivity contribution >= 4 is 64.0 Å². The van der Waals surface area contributed by atoms with Crippen LogP contribution in [0, 0.1) is 0 Å². The molecule has 0 N–H and O–H groups in total. The van der Waals surface area contributed by atoms with Crippen molar-refractivity contribution in [3.63, 3.8) is 0 Å². The van der Waals surface area contributed by atoms with E-state index in [0.717, 1.165) is 51.3 Å². The number of methoxy groups -OCH3 is 2. The first-order valence-electron chi connectivity index (χ1n) is 16.3. The summed E-state index contributed by atoms with van der Waals surface area (Å²) < 4.78 is 33.1. The van der Waals surface area contributed by atoms with Crippen molar-refractivity contribution < 1.29 is 52.4 Å². The van der Waals surface area contributed by atoms with Gasteiger partial charge in [0.25, 0.3) is 5.72 Å². The minimum Gasteiger partial charge on any atom is -0.466 e. The van der Waals surface area contributed by atoms with Gasteiger partial charge in [-0.25, -0.2) is 29.0 Å². The molecule has 1 aliphatic carbocycles. The number of aliphatic imine (C=N–C) groups is 1. The van der Waals surface area contributed by atoms with E-state index in [1.807, 2.05) is 18.2 Å². The Balaban J connectivity index is 2.22. The third kappa shape index (κ3) is 7.94. The third-order valence-electron chi connectivity index (χ3n) is 8.01. The van der Waals surface area contributed by atoms with Gasteiger partial charge in [-0.3, -0.25) is 0 Å². The highest BCUT2D eigenvalue weighted by Crippen LogP contribution is 2.56. The van der Waals surface area contributed by atoms with Crippen LogP contribution in [0.1, 0.15) is 58.4 Å². The van der Waals surface area contributed by atoms with Gasteiger partial charge in [0.1, 0.15) is 15.5 Å². The second-order valence-electron chi connectivity index (χ2n) is 11.1. The van der Waals surface area contributed by atoms with E-state index >= 15 is 0 Å². The van der Waals surface area contributed by atoms with Crippen LogP contribution in [0.5, 0.6) is 0 Å². The Morgan fingerprint density at radius 2 is 1.56 bits per heavy atom. The molecule has 1 aromatic rings. The topological polar surface area (TPSA) is 156 Å². The van der Waals surface area contributed by atoms with Crippen LogP contribution in [-0.2, 0) is 58.9 Å². The largest absolute Gasteiger partial charge is 0.466 e. The lowest BCUT2D eigenvalue weighted by Gasteiger charge is -2.37.